The summed E-state index contributed by atoms with van der Waals surface area (Å²) in [6, 6.07) is -5.00. The number of aliphatic hydroxyl groups is 6. The molecule has 3 rings (SSSR count). The van der Waals surface area contributed by atoms with Crippen LogP contribution in [0.15, 0.2) is 0 Å². The molecule has 2 saturated heterocycles. The molecule has 1 aliphatic carbocycles. The van der Waals surface area contributed by atoms with Crippen LogP contribution in [-0.4, -0.2) is 178 Å². The van der Waals surface area contributed by atoms with Crippen molar-refractivity contribution >= 4 is 6.03 Å². The van der Waals surface area contributed by atoms with Gasteiger partial charge < -0.3 is 88.9 Å². The third-order valence-corrected chi connectivity index (χ3v) is 8.33. The fourth-order valence-corrected chi connectivity index (χ4v) is 5.71. The van der Waals surface area contributed by atoms with Gasteiger partial charge in [0.25, 0.3) is 0 Å². The van der Waals surface area contributed by atoms with Gasteiger partial charge in [-0.1, -0.05) is 0 Å². The summed E-state index contributed by atoms with van der Waals surface area (Å²) in [7, 11) is 0. The van der Waals surface area contributed by atoms with Gasteiger partial charge in [-0.15, -0.1) is 0 Å². The molecule has 0 radical (unpaired) electrons. The molecule has 264 valence electrons. The summed E-state index contributed by atoms with van der Waals surface area (Å²) in [6.45, 7) is -0.604. The molecule has 3 aliphatic rings. The predicted molar refractivity (Wildman–Crippen MR) is 154 cm³/mol. The Hall–Kier alpha value is -1.41. The van der Waals surface area contributed by atoms with Crippen LogP contribution in [0, 0.1) is 0 Å². The second-order valence-corrected chi connectivity index (χ2v) is 11.7. The zero-order valence-corrected chi connectivity index (χ0v) is 25.0. The summed E-state index contributed by atoms with van der Waals surface area (Å²) >= 11 is 0. The van der Waals surface area contributed by atoms with Crippen LogP contribution in [-0.2, 0) is 18.9 Å². The van der Waals surface area contributed by atoms with Gasteiger partial charge in [0.1, 0.15) is 36.6 Å². The van der Waals surface area contributed by atoms with Crippen molar-refractivity contribution in [3.8, 4) is 0 Å². The molecule has 20 nitrogen and oxygen atoms in total. The van der Waals surface area contributed by atoms with E-state index in [-0.39, 0.29) is 45.6 Å². The zero-order chi connectivity index (χ0) is 33.4. The summed E-state index contributed by atoms with van der Waals surface area (Å²) in [5, 5.41) is 78.9. The molecular weight excluding hydrogens is 604 g/mol. The lowest BCUT2D eigenvalue weighted by Crippen LogP contribution is -2.69. The number of hydrogen-bond donors (Lipinski definition) is 14. The van der Waals surface area contributed by atoms with E-state index in [4.69, 9.17) is 47.6 Å². The summed E-state index contributed by atoms with van der Waals surface area (Å²) in [5.41, 5.74) is 29.1. The maximum atomic E-state index is 12.7. The standard InChI is InChI=1S/C25H52N8O12/c26-2-1-10(35)8-31-13-6-14(36)15(7-28)42-23(13)44-21-11(29)5-12(32-25(40)33(41)4-3-27)22(20(21)39)45-24-19(38)17(30)18(37)16(9-34)43-24/h10-24,31,34-39,41H,1-9,26-30H2,(H,32,40)/t10?,11-,12+,13+,14-,15+,16+,17-,18+,19+,20-,21+,22-,23+,24+/m0/s1. The third-order valence-electron chi connectivity index (χ3n) is 8.33. The minimum atomic E-state index is -1.64. The highest BCUT2D eigenvalue weighted by Crippen LogP contribution is 2.32. The van der Waals surface area contributed by atoms with Gasteiger partial charge in [0.2, 0.25) is 0 Å². The molecule has 1 unspecified atom stereocenters. The smallest absolute Gasteiger partial charge is 0.341 e. The number of carbonyl (C=O) groups is 1. The van der Waals surface area contributed by atoms with E-state index >= 15 is 0 Å². The number of nitrogens with zero attached hydrogens (tertiary/aromatic N) is 1. The number of nitrogens with two attached hydrogens (primary N) is 5. The maximum Gasteiger partial charge on any atom is 0.341 e. The van der Waals surface area contributed by atoms with Crippen molar-refractivity contribution in [1.29, 1.82) is 0 Å². The summed E-state index contributed by atoms with van der Waals surface area (Å²) in [4.78, 5) is 12.7. The first kappa shape index (κ1) is 38.0. The molecule has 45 heavy (non-hydrogen) atoms. The lowest BCUT2D eigenvalue weighted by atomic mass is 9.83. The lowest BCUT2D eigenvalue weighted by Gasteiger charge is -2.49. The average molecular weight is 657 g/mol. The van der Waals surface area contributed by atoms with Crippen LogP contribution in [0.2, 0.25) is 0 Å². The van der Waals surface area contributed by atoms with Crippen molar-refractivity contribution in [1.82, 2.24) is 15.7 Å². The van der Waals surface area contributed by atoms with Crippen LogP contribution in [0.25, 0.3) is 0 Å². The average Bonchev–Trinajstić information content (AvgIpc) is 3.00. The molecule has 1 saturated carbocycles. The maximum absolute atomic E-state index is 12.7. The number of aliphatic hydroxyl groups excluding tert-OH is 6. The van der Waals surface area contributed by atoms with Crippen LogP contribution in [0.5, 0.6) is 0 Å². The van der Waals surface area contributed by atoms with E-state index < -0.39 is 104 Å². The SMILES string of the molecule is NCCC(O)CN[C@@H]1C[C@H](O)[C@@H](CN)O[C@@H]1O[C@H]1[C@H](O)[C@@H](O[C@H]2O[C@H](CO)[C@@H](O)[C@H](N)[C@H]2O)[C@H](NC(=O)N(O)CCN)C[C@@H]1N. The number of carbonyl (C=O) groups excluding carboxylic acids is 1. The lowest BCUT2D eigenvalue weighted by molar-refractivity contribution is -0.316. The number of nitrogens with one attached hydrogen (secondary N) is 2. The van der Waals surface area contributed by atoms with Gasteiger partial charge in [0.05, 0.1) is 49.6 Å². The summed E-state index contributed by atoms with van der Waals surface area (Å²) in [6.07, 6.45) is -13.5. The highest BCUT2D eigenvalue weighted by atomic mass is 16.7. The number of urea groups is 1. The highest BCUT2D eigenvalue weighted by Gasteiger charge is 2.51. The minimum Gasteiger partial charge on any atom is -0.394 e. The molecule has 0 aromatic heterocycles. The highest BCUT2D eigenvalue weighted by molar-refractivity contribution is 5.73. The largest absolute Gasteiger partial charge is 0.394 e. The Morgan fingerprint density at radius 2 is 1.58 bits per heavy atom. The molecule has 0 aromatic rings. The first-order valence-corrected chi connectivity index (χ1v) is 15.1. The molecule has 2 heterocycles. The topological polar surface area (TPSA) is 353 Å². The van der Waals surface area contributed by atoms with Crippen LogP contribution in [0.3, 0.4) is 0 Å². The van der Waals surface area contributed by atoms with E-state index in [1.165, 1.54) is 0 Å². The number of amides is 2. The van der Waals surface area contributed by atoms with E-state index in [0.29, 0.717) is 11.5 Å². The number of hydroxylamine groups is 2. The number of ether oxygens (including phenoxy) is 4. The van der Waals surface area contributed by atoms with Gasteiger partial charge >= 0.3 is 6.03 Å². The van der Waals surface area contributed by atoms with Gasteiger partial charge in [-0.05, 0) is 25.8 Å². The Labute approximate surface area is 260 Å². The van der Waals surface area contributed by atoms with E-state index in [1.54, 1.807) is 0 Å². The van der Waals surface area contributed by atoms with E-state index in [0.717, 1.165) is 0 Å². The Bertz CT molecular complexity index is 901. The van der Waals surface area contributed by atoms with Crippen LogP contribution >= 0.6 is 0 Å². The third kappa shape index (κ3) is 9.58. The molecule has 3 fully saturated rings. The molecule has 19 N–H and O–H groups in total. The molecule has 15 atom stereocenters. The molecule has 0 aromatic carbocycles. The molecule has 2 aliphatic heterocycles. The van der Waals surface area contributed by atoms with Crippen molar-refractivity contribution < 1.29 is 59.6 Å². The Balaban J connectivity index is 1.85. The quantitative estimate of drug-likeness (QED) is 0.0609. The fraction of sp³-hybridized carbons (Fsp3) is 0.960. The van der Waals surface area contributed by atoms with Crippen molar-refractivity contribution in [2.75, 3.05) is 39.3 Å². The van der Waals surface area contributed by atoms with Gasteiger partial charge in [0.15, 0.2) is 12.6 Å². The molecular formula is C25H52N8O12. The summed E-state index contributed by atoms with van der Waals surface area (Å²) in [5.74, 6) is 0. The fourth-order valence-electron chi connectivity index (χ4n) is 5.71. The normalized spacial score (nSPS) is 41.4. The van der Waals surface area contributed by atoms with E-state index in [2.05, 4.69) is 10.6 Å². The van der Waals surface area contributed by atoms with E-state index in [9.17, 15) is 40.6 Å². The van der Waals surface area contributed by atoms with Crippen molar-refractivity contribution in [2.24, 2.45) is 28.7 Å². The number of rotatable bonds is 14. The summed E-state index contributed by atoms with van der Waals surface area (Å²) < 4.78 is 23.6. The molecule has 20 heteroatoms. The van der Waals surface area contributed by atoms with Gasteiger partial charge in [0, 0.05) is 25.7 Å². The van der Waals surface area contributed by atoms with E-state index in [1.807, 2.05) is 0 Å². The van der Waals surface area contributed by atoms with Crippen LogP contribution in [0.4, 0.5) is 4.79 Å². The monoisotopic (exact) mass is 656 g/mol. The van der Waals surface area contributed by atoms with Gasteiger partial charge in [-0.3, -0.25) is 5.21 Å². The second-order valence-electron chi connectivity index (χ2n) is 11.7. The predicted octanol–water partition coefficient (Wildman–Crippen LogP) is -7.55. The van der Waals surface area contributed by atoms with Gasteiger partial charge in [-0.2, -0.15) is 0 Å². The Morgan fingerprint density at radius 1 is 0.911 bits per heavy atom. The molecule has 0 bridgehead atoms. The van der Waals surface area contributed by atoms with Crippen molar-refractivity contribution in [3.05, 3.63) is 0 Å². The van der Waals surface area contributed by atoms with Crippen molar-refractivity contribution in [3.63, 3.8) is 0 Å². The first-order chi connectivity index (χ1) is 21.4. The minimum absolute atomic E-state index is 0.0435. The second kappa shape index (κ2) is 17.7. The first-order valence-electron chi connectivity index (χ1n) is 15.1. The van der Waals surface area contributed by atoms with Crippen LogP contribution < -0.4 is 39.3 Å². The van der Waals surface area contributed by atoms with Gasteiger partial charge in [-0.25, -0.2) is 9.86 Å². The molecule has 0 spiro atoms. The van der Waals surface area contributed by atoms with Crippen LogP contribution in [0.1, 0.15) is 19.3 Å². The van der Waals surface area contributed by atoms with Crippen molar-refractivity contribution in [2.45, 2.75) is 111 Å². The Kier molecular flexibility index (Phi) is 14.9. The number of hydrogen-bond acceptors (Lipinski definition) is 18. The molecule has 2 amide bonds. The Morgan fingerprint density at radius 3 is 2.20 bits per heavy atom. The zero-order valence-electron chi connectivity index (χ0n) is 25.0.